The Morgan fingerprint density at radius 1 is 0.806 bits per heavy atom. The summed E-state index contributed by atoms with van der Waals surface area (Å²) in [5, 5.41) is 0. The highest BCUT2D eigenvalue weighted by Gasteiger charge is 2.52. The number of esters is 4. The largest absolute Gasteiger partial charge is 0.463 e. The number of hydrogen-bond acceptors (Lipinski definition) is 10. The second-order valence-electron chi connectivity index (χ2n) is 6.86. The lowest BCUT2D eigenvalue weighted by atomic mass is 9.99. The normalized spacial score (nSPS) is 25.2. The van der Waals surface area contributed by atoms with Crippen LogP contribution in [0.25, 0.3) is 0 Å². The van der Waals surface area contributed by atoms with Crippen LogP contribution in [-0.2, 0) is 48.6 Å². The van der Waals surface area contributed by atoms with Gasteiger partial charge in [-0.15, -0.1) is 11.8 Å². The van der Waals surface area contributed by atoms with Crippen molar-refractivity contribution in [1.82, 2.24) is 0 Å². The molecule has 2 rings (SSSR count). The number of benzene rings is 1. The van der Waals surface area contributed by atoms with Gasteiger partial charge < -0.3 is 23.7 Å². The van der Waals surface area contributed by atoms with Crippen LogP contribution in [-0.4, -0.2) is 60.3 Å². The molecule has 0 unspecified atom stereocenters. The zero-order chi connectivity index (χ0) is 23.0. The average Bonchev–Trinajstić information content (AvgIpc) is 2.68. The third kappa shape index (κ3) is 7.87. The van der Waals surface area contributed by atoms with E-state index in [9.17, 15) is 19.2 Å². The molecular weight excluding hydrogens is 428 g/mol. The summed E-state index contributed by atoms with van der Waals surface area (Å²) < 4.78 is 27.3. The summed E-state index contributed by atoms with van der Waals surface area (Å²) in [5.41, 5.74) is 0.223. The first-order valence-corrected chi connectivity index (χ1v) is 10.7. The molecule has 0 aliphatic carbocycles. The summed E-state index contributed by atoms with van der Waals surface area (Å²) in [5.74, 6) is -1.97. The Bertz CT molecular complexity index is 782. The van der Waals surface area contributed by atoms with Crippen LogP contribution >= 0.6 is 11.8 Å². The fourth-order valence-electron chi connectivity index (χ4n) is 3.08. The van der Waals surface area contributed by atoms with Crippen molar-refractivity contribution in [1.29, 1.82) is 0 Å². The van der Waals surface area contributed by atoms with Crippen LogP contribution < -0.4 is 0 Å². The summed E-state index contributed by atoms with van der Waals surface area (Å²) >= 11 is 1.32. The number of rotatable bonds is 8. The van der Waals surface area contributed by atoms with Crippen molar-refractivity contribution >= 4 is 35.6 Å². The van der Waals surface area contributed by atoms with E-state index in [2.05, 4.69) is 0 Å². The fraction of sp³-hybridized carbons (Fsp3) is 0.524. The Balaban J connectivity index is 2.35. The van der Waals surface area contributed by atoms with E-state index in [1.807, 2.05) is 30.3 Å². The predicted octanol–water partition coefficient (Wildman–Crippen LogP) is 2.00. The third-order valence-electron chi connectivity index (χ3n) is 4.21. The number of carbonyl (C=O) groups excluding carboxylic acids is 4. The van der Waals surface area contributed by atoms with Gasteiger partial charge in [0.25, 0.3) is 0 Å². The predicted molar refractivity (Wildman–Crippen MR) is 110 cm³/mol. The maximum atomic E-state index is 11.8. The number of carbonyl (C=O) groups is 4. The van der Waals surface area contributed by atoms with Crippen molar-refractivity contribution in [2.75, 3.05) is 6.61 Å². The van der Waals surface area contributed by atoms with Crippen LogP contribution in [0.15, 0.2) is 30.3 Å². The summed E-state index contributed by atoms with van der Waals surface area (Å²) in [6.07, 6.45) is -4.27. The molecule has 1 aromatic rings. The van der Waals surface area contributed by atoms with Crippen molar-refractivity contribution in [3.8, 4) is 0 Å². The number of thioether (sulfide) groups is 1. The molecule has 1 heterocycles. The van der Waals surface area contributed by atoms with Crippen molar-refractivity contribution in [3.05, 3.63) is 35.9 Å². The molecule has 1 aliphatic rings. The summed E-state index contributed by atoms with van der Waals surface area (Å²) in [6, 6.07) is 9.53. The summed E-state index contributed by atoms with van der Waals surface area (Å²) in [7, 11) is 0. The van der Waals surface area contributed by atoms with Gasteiger partial charge in [0.15, 0.2) is 18.3 Å². The van der Waals surface area contributed by atoms with Crippen molar-refractivity contribution in [2.45, 2.75) is 63.3 Å². The van der Waals surface area contributed by atoms with E-state index >= 15 is 0 Å². The van der Waals surface area contributed by atoms with Crippen LogP contribution in [0, 0.1) is 0 Å². The Morgan fingerprint density at radius 3 is 1.90 bits per heavy atom. The van der Waals surface area contributed by atoms with Crippen LogP contribution in [0.3, 0.4) is 0 Å². The van der Waals surface area contributed by atoms with Crippen molar-refractivity contribution < 1.29 is 42.9 Å². The second kappa shape index (κ2) is 11.7. The molecule has 5 atom stereocenters. The first kappa shape index (κ1) is 24.7. The standard InChI is InChI=1S/C21H26O9S/c1-12(22)26-10-17-18(27-13(2)23)19(28-14(3)24)20(29-15(4)25)21(30-17)31-11-16-8-6-5-7-9-16/h5-9,17-21H,10-11H2,1-4H3/t17-,18-,19+,20-,21-/m1/s1. The minimum atomic E-state index is -1.15. The summed E-state index contributed by atoms with van der Waals surface area (Å²) in [4.78, 5) is 46.6. The molecule has 10 heteroatoms. The highest BCUT2D eigenvalue weighted by molar-refractivity contribution is 7.99. The van der Waals surface area contributed by atoms with Gasteiger partial charge in [-0.2, -0.15) is 0 Å². The first-order valence-electron chi connectivity index (χ1n) is 9.63. The second-order valence-corrected chi connectivity index (χ2v) is 7.95. The van der Waals surface area contributed by atoms with Gasteiger partial charge in [-0.25, -0.2) is 0 Å². The van der Waals surface area contributed by atoms with Gasteiger partial charge in [-0.3, -0.25) is 19.2 Å². The van der Waals surface area contributed by atoms with Crippen LogP contribution in [0.4, 0.5) is 0 Å². The first-order chi connectivity index (χ1) is 14.7. The molecule has 1 saturated heterocycles. The molecule has 0 N–H and O–H groups in total. The van der Waals surface area contributed by atoms with Gasteiger partial charge >= 0.3 is 23.9 Å². The van der Waals surface area contributed by atoms with E-state index in [0.29, 0.717) is 5.75 Å². The molecule has 31 heavy (non-hydrogen) atoms. The minimum absolute atomic E-state index is 0.236. The van der Waals surface area contributed by atoms with Gasteiger partial charge in [-0.05, 0) is 5.56 Å². The molecule has 1 aromatic carbocycles. The summed E-state index contributed by atoms with van der Waals surface area (Å²) in [6.45, 7) is 4.59. The third-order valence-corrected chi connectivity index (χ3v) is 5.41. The molecule has 0 aromatic heterocycles. The smallest absolute Gasteiger partial charge is 0.303 e. The molecule has 170 valence electrons. The fourth-order valence-corrected chi connectivity index (χ4v) is 4.25. The lowest BCUT2D eigenvalue weighted by Gasteiger charge is -2.44. The molecule has 0 spiro atoms. The van der Waals surface area contributed by atoms with E-state index in [1.54, 1.807) is 0 Å². The lowest BCUT2D eigenvalue weighted by Crippen LogP contribution is -2.61. The van der Waals surface area contributed by atoms with Crippen molar-refractivity contribution in [3.63, 3.8) is 0 Å². The van der Waals surface area contributed by atoms with E-state index in [0.717, 1.165) is 5.56 Å². The highest BCUT2D eigenvalue weighted by atomic mass is 32.2. The molecule has 0 bridgehead atoms. The molecule has 1 aliphatic heterocycles. The highest BCUT2D eigenvalue weighted by Crippen LogP contribution is 2.35. The van der Waals surface area contributed by atoms with Gasteiger partial charge in [0.2, 0.25) is 0 Å². The monoisotopic (exact) mass is 454 g/mol. The molecule has 1 fully saturated rings. The van der Waals surface area contributed by atoms with Gasteiger partial charge in [0, 0.05) is 33.4 Å². The zero-order valence-corrected chi connectivity index (χ0v) is 18.6. The zero-order valence-electron chi connectivity index (χ0n) is 17.8. The Hall–Kier alpha value is -2.59. The van der Waals surface area contributed by atoms with Gasteiger partial charge in [0.05, 0.1) is 0 Å². The maximum absolute atomic E-state index is 11.8. The minimum Gasteiger partial charge on any atom is -0.463 e. The van der Waals surface area contributed by atoms with Gasteiger partial charge in [-0.1, -0.05) is 30.3 Å². The lowest BCUT2D eigenvalue weighted by molar-refractivity contribution is -0.237. The Kier molecular flexibility index (Phi) is 9.32. The van der Waals surface area contributed by atoms with E-state index in [1.165, 1.54) is 39.5 Å². The molecule has 0 radical (unpaired) electrons. The van der Waals surface area contributed by atoms with Gasteiger partial charge in [0.1, 0.15) is 18.1 Å². The van der Waals surface area contributed by atoms with Crippen molar-refractivity contribution in [2.24, 2.45) is 0 Å². The number of ether oxygens (including phenoxy) is 5. The Morgan fingerprint density at radius 2 is 1.35 bits per heavy atom. The van der Waals surface area contributed by atoms with Crippen LogP contribution in [0.1, 0.15) is 33.3 Å². The quantitative estimate of drug-likeness (QED) is 0.427. The Labute approximate surface area is 184 Å². The van der Waals surface area contributed by atoms with Crippen LogP contribution in [0.5, 0.6) is 0 Å². The SMILES string of the molecule is CC(=O)OC[C@H]1O[C@H](SCc2ccccc2)[C@H](OC(C)=O)[C@@H](OC(C)=O)[C@@H]1OC(C)=O. The van der Waals surface area contributed by atoms with E-state index in [-0.39, 0.29) is 6.61 Å². The number of hydrogen-bond donors (Lipinski definition) is 0. The molecule has 0 amide bonds. The van der Waals surface area contributed by atoms with Crippen LogP contribution in [0.2, 0.25) is 0 Å². The molecule has 9 nitrogen and oxygen atoms in total. The van der Waals surface area contributed by atoms with E-state index < -0.39 is 53.7 Å². The average molecular weight is 454 g/mol. The topological polar surface area (TPSA) is 114 Å². The van der Waals surface area contributed by atoms with E-state index in [4.69, 9.17) is 23.7 Å². The molecule has 0 saturated carbocycles. The molecular formula is C21H26O9S. The maximum Gasteiger partial charge on any atom is 0.303 e.